The number of carbonyl (C=O) groups is 1. The third-order valence-electron chi connectivity index (χ3n) is 5.16. The van der Waals surface area contributed by atoms with Gasteiger partial charge in [0.25, 0.3) is 5.91 Å². The average Bonchev–Trinajstić information content (AvgIpc) is 3.25. The predicted octanol–water partition coefficient (Wildman–Crippen LogP) is 3.22. The van der Waals surface area contributed by atoms with Gasteiger partial charge in [0.15, 0.2) is 11.5 Å². The number of hydrogen-bond donors (Lipinski definition) is 1. The lowest BCUT2D eigenvalue weighted by Crippen LogP contribution is -2.27. The van der Waals surface area contributed by atoms with Gasteiger partial charge in [0.2, 0.25) is 6.79 Å². The molecule has 0 saturated heterocycles. The van der Waals surface area contributed by atoms with Gasteiger partial charge in [-0.25, -0.2) is 9.97 Å². The Hall–Kier alpha value is -3.61. The van der Waals surface area contributed by atoms with E-state index in [1.807, 2.05) is 24.3 Å². The van der Waals surface area contributed by atoms with Crippen LogP contribution in [0, 0.1) is 0 Å². The van der Waals surface area contributed by atoms with E-state index in [9.17, 15) is 4.79 Å². The lowest BCUT2D eigenvalue weighted by Gasteiger charge is -2.30. The van der Waals surface area contributed by atoms with E-state index < -0.39 is 0 Å². The van der Waals surface area contributed by atoms with E-state index in [2.05, 4.69) is 38.4 Å². The first-order chi connectivity index (χ1) is 14.3. The largest absolute Gasteiger partial charge is 0.454 e. The summed E-state index contributed by atoms with van der Waals surface area (Å²) >= 11 is 0. The molecule has 3 heterocycles. The minimum atomic E-state index is -0.239. The molecule has 2 aliphatic rings. The first-order valence-corrected chi connectivity index (χ1v) is 9.62. The first kappa shape index (κ1) is 17.5. The summed E-state index contributed by atoms with van der Waals surface area (Å²) in [6, 6.07) is 15.7. The number of ether oxygens (including phenoxy) is 2. The smallest absolute Gasteiger partial charge is 0.270 e. The Morgan fingerprint density at radius 2 is 1.97 bits per heavy atom. The number of aryl methyl sites for hydroxylation is 1. The quantitative estimate of drug-likeness (QED) is 0.740. The summed E-state index contributed by atoms with van der Waals surface area (Å²) in [5.41, 5.74) is 3.72. The van der Waals surface area contributed by atoms with E-state index in [-0.39, 0.29) is 12.7 Å². The van der Waals surface area contributed by atoms with Crippen molar-refractivity contribution in [2.75, 3.05) is 18.2 Å². The van der Waals surface area contributed by atoms with Crippen molar-refractivity contribution < 1.29 is 14.3 Å². The van der Waals surface area contributed by atoms with Crippen molar-refractivity contribution in [3.8, 4) is 11.5 Å². The van der Waals surface area contributed by atoms with Gasteiger partial charge >= 0.3 is 0 Å². The molecule has 146 valence electrons. The van der Waals surface area contributed by atoms with Crippen LogP contribution < -0.4 is 19.7 Å². The zero-order valence-corrected chi connectivity index (χ0v) is 15.8. The summed E-state index contributed by atoms with van der Waals surface area (Å²) in [5.74, 6) is 1.92. The zero-order chi connectivity index (χ0) is 19.6. The van der Waals surface area contributed by atoms with Gasteiger partial charge in [0.05, 0.1) is 0 Å². The van der Waals surface area contributed by atoms with Gasteiger partial charge in [-0.1, -0.05) is 24.3 Å². The third kappa shape index (κ3) is 3.47. The second-order valence-electron chi connectivity index (χ2n) is 7.02. The van der Waals surface area contributed by atoms with Crippen LogP contribution in [0.15, 0.2) is 54.9 Å². The number of benzene rings is 2. The fourth-order valence-electron chi connectivity index (χ4n) is 3.71. The summed E-state index contributed by atoms with van der Waals surface area (Å²) < 4.78 is 10.7. The number of anilines is 2. The minimum absolute atomic E-state index is 0.231. The van der Waals surface area contributed by atoms with Crippen molar-refractivity contribution in [2.45, 2.75) is 19.4 Å². The summed E-state index contributed by atoms with van der Waals surface area (Å²) in [6.45, 7) is 1.47. The van der Waals surface area contributed by atoms with Crippen LogP contribution in [-0.2, 0) is 13.0 Å². The Kier molecular flexibility index (Phi) is 4.48. The van der Waals surface area contributed by atoms with Crippen LogP contribution in [0.4, 0.5) is 11.5 Å². The Morgan fingerprint density at radius 1 is 1.07 bits per heavy atom. The molecule has 0 spiro atoms. The Morgan fingerprint density at radius 3 is 2.93 bits per heavy atom. The number of nitrogens with zero attached hydrogens (tertiary/aromatic N) is 3. The highest BCUT2D eigenvalue weighted by molar-refractivity contribution is 5.93. The number of hydrogen-bond acceptors (Lipinski definition) is 6. The zero-order valence-electron chi connectivity index (χ0n) is 15.8. The first-order valence-electron chi connectivity index (χ1n) is 9.62. The topological polar surface area (TPSA) is 76.6 Å². The molecule has 29 heavy (non-hydrogen) atoms. The summed E-state index contributed by atoms with van der Waals surface area (Å²) in [4.78, 5) is 23.4. The lowest BCUT2D eigenvalue weighted by atomic mass is 10.0. The molecule has 1 aromatic heterocycles. The highest BCUT2D eigenvalue weighted by Gasteiger charge is 2.20. The van der Waals surface area contributed by atoms with Crippen LogP contribution in [0.25, 0.3) is 0 Å². The van der Waals surface area contributed by atoms with E-state index in [0.717, 1.165) is 42.2 Å². The molecule has 0 saturated carbocycles. The molecule has 0 atom stereocenters. The Balaban J connectivity index is 1.32. The van der Waals surface area contributed by atoms with Crippen LogP contribution in [0.2, 0.25) is 0 Å². The van der Waals surface area contributed by atoms with Gasteiger partial charge in [-0.2, -0.15) is 0 Å². The number of rotatable bonds is 4. The fourth-order valence-corrected chi connectivity index (χ4v) is 3.71. The highest BCUT2D eigenvalue weighted by Crippen LogP contribution is 2.33. The van der Waals surface area contributed by atoms with Crippen LogP contribution in [0.1, 0.15) is 28.0 Å². The standard InChI is InChI=1S/C22H20N4O3/c27-22(23-12-15-7-8-19-20(10-15)29-14-28-19)17-11-21(25-13-24-17)26-9-3-5-16-4-1-2-6-18(16)26/h1-2,4,6-8,10-11,13H,3,5,9,12,14H2,(H,23,27). The number of fused-ring (bicyclic) bond motifs is 2. The van der Waals surface area contributed by atoms with Gasteiger partial charge < -0.3 is 19.7 Å². The maximum absolute atomic E-state index is 12.7. The Bertz CT molecular complexity index is 1070. The van der Waals surface area contributed by atoms with Gasteiger partial charge in [-0.05, 0) is 42.2 Å². The van der Waals surface area contributed by atoms with Crippen molar-refractivity contribution in [1.82, 2.24) is 15.3 Å². The number of amides is 1. The molecule has 1 N–H and O–H groups in total. The summed E-state index contributed by atoms with van der Waals surface area (Å²) in [6.07, 6.45) is 3.55. The summed E-state index contributed by atoms with van der Waals surface area (Å²) in [7, 11) is 0. The number of para-hydroxylation sites is 1. The van der Waals surface area contributed by atoms with E-state index in [1.54, 1.807) is 6.07 Å². The molecule has 0 unspecified atom stereocenters. The molecule has 7 nitrogen and oxygen atoms in total. The normalized spacial score (nSPS) is 14.4. The van der Waals surface area contributed by atoms with Crippen molar-refractivity contribution in [1.29, 1.82) is 0 Å². The molecule has 5 rings (SSSR count). The van der Waals surface area contributed by atoms with Crippen molar-refractivity contribution >= 4 is 17.4 Å². The second kappa shape index (κ2) is 7.43. The van der Waals surface area contributed by atoms with Crippen LogP contribution >= 0.6 is 0 Å². The lowest BCUT2D eigenvalue weighted by molar-refractivity contribution is 0.0945. The van der Waals surface area contributed by atoms with Crippen LogP contribution in [0.5, 0.6) is 11.5 Å². The Labute approximate surface area is 168 Å². The van der Waals surface area contributed by atoms with E-state index in [0.29, 0.717) is 18.0 Å². The molecule has 2 aliphatic heterocycles. The maximum Gasteiger partial charge on any atom is 0.270 e. The number of nitrogens with one attached hydrogen (secondary N) is 1. The van der Waals surface area contributed by atoms with E-state index in [1.165, 1.54) is 11.9 Å². The molecule has 7 heteroatoms. The second-order valence-corrected chi connectivity index (χ2v) is 7.02. The average molecular weight is 388 g/mol. The predicted molar refractivity (Wildman–Crippen MR) is 108 cm³/mol. The molecule has 1 amide bonds. The molecular weight excluding hydrogens is 368 g/mol. The number of aromatic nitrogens is 2. The molecule has 0 bridgehead atoms. The highest BCUT2D eigenvalue weighted by atomic mass is 16.7. The van der Waals surface area contributed by atoms with Crippen LogP contribution in [0.3, 0.4) is 0 Å². The minimum Gasteiger partial charge on any atom is -0.454 e. The third-order valence-corrected chi connectivity index (χ3v) is 5.16. The molecule has 3 aromatic rings. The monoisotopic (exact) mass is 388 g/mol. The van der Waals surface area contributed by atoms with Crippen LogP contribution in [-0.4, -0.2) is 29.2 Å². The van der Waals surface area contributed by atoms with E-state index in [4.69, 9.17) is 9.47 Å². The molecule has 2 aromatic carbocycles. The van der Waals surface area contributed by atoms with Gasteiger partial charge in [0, 0.05) is 24.8 Å². The molecule has 0 fully saturated rings. The molecule has 0 radical (unpaired) electrons. The SMILES string of the molecule is O=C(NCc1ccc2c(c1)OCO2)c1cc(N2CCCc3ccccc32)ncn1. The molecule has 0 aliphatic carbocycles. The van der Waals surface area contributed by atoms with Crippen molar-refractivity contribution in [3.63, 3.8) is 0 Å². The van der Waals surface area contributed by atoms with Gasteiger partial charge in [0.1, 0.15) is 17.8 Å². The molecular formula is C22H20N4O3. The number of carbonyl (C=O) groups excluding carboxylic acids is 1. The van der Waals surface area contributed by atoms with Gasteiger partial charge in [-0.3, -0.25) is 4.79 Å². The fraction of sp³-hybridized carbons (Fsp3) is 0.227. The van der Waals surface area contributed by atoms with E-state index >= 15 is 0 Å². The van der Waals surface area contributed by atoms with Crippen molar-refractivity contribution in [3.05, 3.63) is 71.7 Å². The summed E-state index contributed by atoms with van der Waals surface area (Å²) in [5, 5.41) is 2.91. The maximum atomic E-state index is 12.7. The van der Waals surface area contributed by atoms with Gasteiger partial charge in [-0.15, -0.1) is 0 Å². The van der Waals surface area contributed by atoms with Crippen molar-refractivity contribution in [2.24, 2.45) is 0 Å².